The minimum Gasteiger partial charge on any atom is -0.349 e. The lowest BCUT2D eigenvalue weighted by Gasteiger charge is -2.11. The van der Waals surface area contributed by atoms with Gasteiger partial charge in [-0.05, 0) is 26.3 Å². The number of aryl methyl sites for hydroxylation is 1. The summed E-state index contributed by atoms with van der Waals surface area (Å²) in [5.74, 6) is -0.394. The van der Waals surface area contributed by atoms with Crippen LogP contribution in [0.15, 0.2) is 18.2 Å². The first kappa shape index (κ1) is 13.2. The Hall–Kier alpha value is -1.91. The van der Waals surface area contributed by atoms with Crippen molar-refractivity contribution < 1.29 is 9.72 Å². The molecule has 0 aliphatic heterocycles. The Morgan fingerprint density at radius 3 is 2.71 bits per heavy atom. The van der Waals surface area contributed by atoms with Crippen molar-refractivity contribution in [3.05, 3.63) is 39.4 Å². The summed E-state index contributed by atoms with van der Waals surface area (Å²) >= 11 is 0. The van der Waals surface area contributed by atoms with Crippen LogP contribution in [0.2, 0.25) is 0 Å². The average Bonchev–Trinajstić information content (AvgIpc) is 2.27. The van der Waals surface area contributed by atoms with E-state index < -0.39 is 10.8 Å². The quantitative estimate of drug-likeness (QED) is 0.644. The molecule has 1 atom stereocenters. The van der Waals surface area contributed by atoms with Crippen LogP contribution >= 0.6 is 0 Å². The number of hydrogen-bond acceptors (Lipinski definition) is 3. The van der Waals surface area contributed by atoms with E-state index in [9.17, 15) is 14.9 Å². The van der Waals surface area contributed by atoms with E-state index in [0.717, 1.165) is 6.42 Å². The zero-order valence-corrected chi connectivity index (χ0v) is 10.2. The topological polar surface area (TPSA) is 72.2 Å². The molecule has 1 N–H and O–H groups in total. The number of nitrogens with one attached hydrogen (secondary N) is 1. The lowest BCUT2D eigenvalue weighted by Crippen LogP contribution is -2.32. The second-order valence-corrected chi connectivity index (χ2v) is 4.01. The van der Waals surface area contributed by atoms with Crippen LogP contribution in [0.1, 0.15) is 36.2 Å². The maximum Gasteiger partial charge on any atom is 0.285 e. The van der Waals surface area contributed by atoms with E-state index in [0.29, 0.717) is 5.56 Å². The van der Waals surface area contributed by atoms with E-state index in [4.69, 9.17) is 0 Å². The fourth-order valence-corrected chi connectivity index (χ4v) is 1.49. The Labute approximate surface area is 100.0 Å². The second-order valence-electron chi connectivity index (χ2n) is 4.01. The molecule has 0 radical (unpaired) electrons. The molecule has 0 saturated carbocycles. The lowest BCUT2D eigenvalue weighted by molar-refractivity contribution is -0.385. The van der Waals surface area contributed by atoms with E-state index in [-0.39, 0.29) is 17.3 Å². The van der Waals surface area contributed by atoms with E-state index in [1.807, 2.05) is 13.8 Å². The monoisotopic (exact) mass is 236 g/mol. The molecular weight excluding hydrogens is 220 g/mol. The highest BCUT2D eigenvalue weighted by Crippen LogP contribution is 2.22. The average molecular weight is 236 g/mol. The molecule has 5 nitrogen and oxygen atoms in total. The van der Waals surface area contributed by atoms with E-state index in [1.54, 1.807) is 19.1 Å². The number of rotatable bonds is 4. The summed E-state index contributed by atoms with van der Waals surface area (Å²) in [5, 5.41) is 13.7. The summed E-state index contributed by atoms with van der Waals surface area (Å²) < 4.78 is 0. The van der Waals surface area contributed by atoms with Gasteiger partial charge in [0.2, 0.25) is 0 Å². The van der Waals surface area contributed by atoms with Crippen LogP contribution in [-0.2, 0) is 0 Å². The van der Waals surface area contributed by atoms with Gasteiger partial charge >= 0.3 is 0 Å². The van der Waals surface area contributed by atoms with Crippen LogP contribution < -0.4 is 5.32 Å². The first-order valence-electron chi connectivity index (χ1n) is 5.52. The van der Waals surface area contributed by atoms with Crippen LogP contribution in [0.25, 0.3) is 0 Å². The maximum absolute atomic E-state index is 11.9. The highest BCUT2D eigenvalue weighted by atomic mass is 16.6. The zero-order chi connectivity index (χ0) is 13.0. The van der Waals surface area contributed by atoms with E-state index >= 15 is 0 Å². The largest absolute Gasteiger partial charge is 0.349 e. The number of nitrogens with zero attached hydrogens (tertiary/aromatic N) is 1. The van der Waals surface area contributed by atoms with E-state index in [1.165, 1.54) is 6.07 Å². The van der Waals surface area contributed by atoms with Crippen LogP contribution in [-0.4, -0.2) is 16.9 Å². The summed E-state index contributed by atoms with van der Waals surface area (Å²) in [6.07, 6.45) is 0.783. The van der Waals surface area contributed by atoms with Crippen molar-refractivity contribution in [2.75, 3.05) is 0 Å². The molecule has 0 unspecified atom stereocenters. The number of para-hydroxylation sites is 1. The van der Waals surface area contributed by atoms with Gasteiger partial charge in [-0.15, -0.1) is 0 Å². The molecule has 92 valence electrons. The summed E-state index contributed by atoms with van der Waals surface area (Å²) in [4.78, 5) is 22.3. The molecule has 0 aromatic heterocycles. The second kappa shape index (κ2) is 5.43. The molecule has 5 heteroatoms. The smallest absolute Gasteiger partial charge is 0.285 e. The Morgan fingerprint density at radius 1 is 1.53 bits per heavy atom. The minimum atomic E-state index is -0.513. The summed E-state index contributed by atoms with van der Waals surface area (Å²) in [7, 11) is 0. The molecule has 17 heavy (non-hydrogen) atoms. The van der Waals surface area contributed by atoms with E-state index in [2.05, 4.69) is 5.32 Å². The Kier molecular flexibility index (Phi) is 4.20. The molecule has 0 fully saturated rings. The molecule has 1 amide bonds. The normalized spacial score (nSPS) is 11.9. The third kappa shape index (κ3) is 3.03. The SMILES string of the molecule is CC[C@H](C)NC(=O)c1cccc(C)c1[N+](=O)[O-]. The predicted molar refractivity (Wildman–Crippen MR) is 65.1 cm³/mol. The van der Waals surface area contributed by atoms with Gasteiger partial charge in [0.15, 0.2) is 0 Å². The Balaban J connectivity index is 3.09. The maximum atomic E-state index is 11.9. The Bertz CT molecular complexity index is 443. The van der Waals surface area contributed by atoms with Crippen LogP contribution in [0, 0.1) is 17.0 Å². The lowest BCUT2D eigenvalue weighted by atomic mass is 10.1. The van der Waals surface area contributed by atoms with Crippen molar-refractivity contribution in [2.24, 2.45) is 0 Å². The van der Waals surface area contributed by atoms with Crippen LogP contribution in [0.3, 0.4) is 0 Å². The number of carbonyl (C=O) groups is 1. The zero-order valence-electron chi connectivity index (χ0n) is 10.2. The van der Waals surface area contributed by atoms with Gasteiger partial charge in [-0.2, -0.15) is 0 Å². The molecular formula is C12H16N2O3. The molecule has 0 saturated heterocycles. The first-order chi connectivity index (χ1) is 7.97. The highest BCUT2D eigenvalue weighted by Gasteiger charge is 2.22. The van der Waals surface area contributed by atoms with Crippen molar-refractivity contribution in [3.8, 4) is 0 Å². The van der Waals surface area contributed by atoms with Crippen molar-refractivity contribution in [1.82, 2.24) is 5.32 Å². The molecule has 1 rings (SSSR count). The summed E-state index contributed by atoms with van der Waals surface area (Å²) in [6, 6.07) is 4.75. The highest BCUT2D eigenvalue weighted by molar-refractivity contribution is 5.98. The van der Waals surface area contributed by atoms with Gasteiger partial charge < -0.3 is 5.32 Å². The molecule has 0 spiro atoms. The van der Waals surface area contributed by atoms with Gasteiger partial charge in [-0.25, -0.2) is 0 Å². The molecule has 0 bridgehead atoms. The number of nitro groups is 1. The number of nitro benzene ring substituents is 1. The molecule has 0 heterocycles. The van der Waals surface area contributed by atoms with Gasteiger partial charge in [-0.1, -0.05) is 19.1 Å². The molecule has 1 aromatic rings. The van der Waals surface area contributed by atoms with Crippen molar-refractivity contribution in [1.29, 1.82) is 0 Å². The van der Waals surface area contributed by atoms with Gasteiger partial charge in [-0.3, -0.25) is 14.9 Å². The van der Waals surface area contributed by atoms with Gasteiger partial charge in [0.1, 0.15) is 5.56 Å². The summed E-state index contributed by atoms with van der Waals surface area (Å²) in [5.41, 5.74) is 0.496. The predicted octanol–water partition coefficient (Wildman–Crippen LogP) is 2.43. The first-order valence-corrected chi connectivity index (χ1v) is 5.52. The molecule has 0 aliphatic rings. The number of amides is 1. The van der Waals surface area contributed by atoms with Gasteiger partial charge in [0.25, 0.3) is 11.6 Å². The fraction of sp³-hybridized carbons (Fsp3) is 0.417. The van der Waals surface area contributed by atoms with Crippen LogP contribution in [0.5, 0.6) is 0 Å². The standard InChI is InChI=1S/C12H16N2O3/c1-4-9(3)13-12(15)10-7-5-6-8(2)11(10)14(16)17/h5-7,9H,4H2,1-3H3,(H,13,15)/t9-/m0/s1. The summed E-state index contributed by atoms with van der Waals surface area (Å²) in [6.45, 7) is 5.42. The number of benzene rings is 1. The minimum absolute atomic E-state index is 0.00242. The Morgan fingerprint density at radius 2 is 2.18 bits per heavy atom. The molecule has 0 aliphatic carbocycles. The third-order valence-corrected chi connectivity index (χ3v) is 2.65. The van der Waals surface area contributed by atoms with Crippen molar-refractivity contribution in [3.63, 3.8) is 0 Å². The van der Waals surface area contributed by atoms with Crippen molar-refractivity contribution in [2.45, 2.75) is 33.2 Å². The third-order valence-electron chi connectivity index (χ3n) is 2.65. The molecule has 1 aromatic carbocycles. The van der Waals surface area contributed by atoms with Gasteiger partial charge in [0.05, 0.1) is 4.92 Å². The van der Waals surface area contributed by atoms with Gasteiger partial charge in [0, 0.05) is 11.6 Å². The van der Waals surface area contributed by atoms with Crippen LogP contribution in [0.4, 0.5) is 5.69 Å². The number of hydrogen-bond donors (Lipinski definition) is 1. The number of carbonyl (C=O) groups excluding carboxylic acids is 1. The fourth-order valence-electron chi connectivity index (χ4n) is 1.49. The van der Waals surface area contributed by atoms with Crippen molar-refractivity contribution >= 4 is 11.6 Å².